The molecule has 0 bridgehead atoms. The number of hydrogen-bond acceptors (Lipinski definition) is 1. The maximum atomic E-state index is 3.66. The number of halogens is 1. The summed E-state index contributed by atoms with van der Waals surface area (Å²) in [5.74, 6) is 0. The Kier molecular flexibility index (Phi) is 3.70. The van der Waals surface area contributed by atoms with Gasteiger partial charge in [0.2, 0.25) is 0 Å². The van der Waals surface area contributed by atoms with Gasteiger partial charge < -0.3 is 5.32 Å². The number of benzene rings is 1. The fraction of sp³-hybridized carbons (Fsp3) is 0.571. The molecule has 2 heteroatoms. The molecular weight excluding hydrogens is 262 g/mol. The van der Waals surface area contributed by atoms with Gasteiger partial charge in [0, 0.05) is 22.5 Å². The Morgan fingerprint density at radius 3 is 2.56 bits per heavy atom. The highest BCUT2D eigenvalue weighted by Crippen LogP contribution is 2.30. The molecule has 0 radical (unpaired) electrons. The standard InChI is InChI=1S/C14H20BrN/c1-14(2,10-16-11-6-5-7-11)12-8-3-4-9-13(12)15/h3-4,8-9,11,16H,5-7,10H2,1-2H3. The second kappa shape index (κ2) is 4.89. The molecule has 1 aromatic carbocycles. The first-order valence-corrected chi connectivity index (χ1v) is 6.87. The van der Waals surface area contributed by atoms with Gasteiger partial charge in [-0.1, -0.05) is 54.4 Å². The van der Waals surface area contributed by atoms with E-state index in [1.54, 1.807) is 0 Å². The Hall–Kier alpha value is -0.340. The maximum absolute atomic E-state index is 3.66. The lowest BCUT2D eigenvalue weighted by molar-refractivity contribution is 0.311. The van der Waals surface area contributed by atoms with E-state index in [-0.39, 0.29) is 5.41 Å². The third kappa shape index (κ3) is 2.67. The quantitative estimate of drug-likeness (QED) is 0.884. The van der Waals surface area contributed by atoms with Crippen LogP contribution in [0.3, 0.4) is 0 Å². The van der Waals surface area contributed by atoms with E-state index < -0.39 is 0 Å². The summed E-state index contributed by atoms with van der Waals surface area (Å²) < 4.78 is 1.22. The molecule has 0 amide bonds. The lowest BCUT2D eigenvalue weighted by Crippen LogP contribution is -2.42. The zero-order valence-corrected chi connectivity index (χ0v) is 11.7. The molecule has 0 saturated heterocycles. The summed E-state index contributed by atoms with van der Waals surface area (Å²) in [5.41, 5.74) is 1.58. The molecule has 1 fully saturated rings. The molecule has 1 nitrogen and oxygen atoms in total. The van der Waals surface area contributed by atoms with Crippen LogP contribution in [0.25, 0.3) is 0 Å². The molecule has 16 heavy (non-hydrogen) atoms. The SMILES string of the molecule is CC(C)(CNC1CCC1)c1ccccc1Br. The van der Waals surface area contributed by atoms with Gasteiger partial charge in [-0.3, -0.25) is 0 Å². The van der Waals surface area contributed by atoms with E-state index >= 15 is 0 Å². The van der Waals surface area contributed by atoms with Crippen LogP contribution in [0, 0.1) is 0 Å². The molecule has 1 saturated carbocycles. The molecular formula is C14H20BrN. The Bertz CT molecular complexity index is 356. The zero-order valence-electron chi connectivity index (χ0n) is 10.1. The number of nitrogens with one attached hydrogen (secondary N) is 1. The fourth-order valence-electron chi connectivity index (χ4n) is 2.12. The molecule has 1 N–H and O–H groups in total. The molecule has 0 aromatic heterocycles. The second-order valence-electron chi connectivity index (χ2n) is 5.37. The van der Waals surface area contributed by atoms with Crippen molar-refractivity contribution in [2.75, 3.05) is 6.54 Å². The molecule has 0 atom stereocenters. The van der Waals surface area contributed by atoms with Crippen LogP contribution in [-0.2, 0) is 5.41 Å². The van der Waals surface area contributed by atoms with Gasteiger partial charge in [0.05, 0.1) is 0 Å². The Morgan fingerprint density at radius 2 is 2.00 bits per heavy atom. The third-order valence-corrected chi connectivity index (χ3v) is 4.23. The molecule has 1 aliphatic rings. The first-order valence-electron chi connectivity index (χ1n) is 6.08. The van der Waals surface area contributed by atoms with Gasteiger partial charge in [-0.25, -0.2) is 0 Å². The Labute approximate surface area is 107 Å². The minimum absolute atomic E-state index is 0.190. The van der Waals surface area contributed by atoms with Gasteiger partial charge in [0.15, 0.2) is 0 Å². The highest BCUT2D eigenvalue weighted by Gasteiger charge is 2.25. The summed E-state index contributed by atoms with van der Waals surface area (Å²) in [6.45, 7) is 5.66. The maximum Gasteiger partial charge on any atom is 0.0213 e. The first kappa shape index (κ1) is 12.1. The van der Waals surface area contributed by atoms with E-state index in [1.165, 1.54) is 29.3 Å². The summed E-state index contributed by atoms with van der Waals surface area (Å²) in [4.78, 5) is 0. The van der Waals surface area contributed by atoms with Crippen LogP contribution in [0.2, 0.25) is 0 Å². The van der Waals surface area contributed by atoms with Crippen molar-refractivity contribution in [2.24, 2.45) is 0 Å². The smallest absolute Gasteiger partial charge is 0.0213 e. The molecule has 0 aliphatic heterocycles. The molecule has 0 spiro atoms. The molecule has 88 valence electrons. The molecule has 1 aliphatic carbocycles. The van der Waals surface area contributed by atoms with Gasteiger partial charge in [-0.2, -0.15) is 0 Å². The fourth-order valence-corrected chi connectivity index (χ4v) is 2.94. The van der Waals surface area contributed by atoms with Gasteiger partial charge in [-0.15, -0.1) is 0 Å². The largest absolute Gasteiger partial charge is 0.313 e. The zero-order chi connectivity index (χ0) is 11.6. The van der Waals surface area contributed by atoms with Crippen LogP contribution in [0.4, 0.5) is 0 Å². The molecule has 1 aromatic rings. The van der Waals surface area contributed by atoms with E-state index in [0.717, 1.165) is 12.6 Å². The molecule has 0 unspecified atom stereocenters. The van der Waals surface area contributed by atoms with Crippen molar-refractivity contribution in [3.05, 3.63) is 34.3 Å². The Morgan fingerprint density at radius 1 is 1.31 bits per heavy atom. The summed E-state index contributed by atoms with van der Waals surface area (Å²) in [7, 11) is 0. The van der Waals surface area contributed by atoms with Crippen molar-refractivity contribution < 1.29 is 0 Å². The summed E-state index contributed by atoms with van der Waals surface area (Å²) in [5, 5.41) is 3.66. The lowest BCUT2D eigenvalue weighted by Gasteiger charge is -2.33. The van der Waals surface area contributed by atoms with Gasteiger partial charge in [-0.05, 0) is 24.5 Å². The highest BCUT2D eigenvalue weighted by atomic mass is 79.9. The van der Waals surface area contributed by atoms with Crippen molar-refractivity contribution in [1.82, 2.24) is 5.32 Å². The average Bonchev–Trinajstić information content (AvgIpc) is 2.15. The van der Waals surface area contributed by atoms with Crippen molar-refractivity contribution in [3.8, 4) is 0 Å². The first-order chi connectivity index (χ1) is 7.59. The van der Waals surface area contributed by atoms with Crippen LogP contribution in [0.5, 0.6) is 0 Å². The van der Waals surface area contributed by atoms with Crippen LogP contribution in [0.1, 0.15) is 38.7 Å². The minimum Gasteiger partial charge on any atom is -0.313 e. The van der Waals surface area contributed by atoms with Crippen LogP contribution < -0.4 is 5.32 Å². The Balaban J connectivity index is 2.02. The number of hydrogen-bond donors (Lipinski definition) is 1. The number of rotatable bonds is 4. The highest BCUT2D eigenvalue weighted by molar-refractivity contribution is 9.10. The predicted molar refractivity (Wildman–Crippen MR) is 72.8 cm³/mol. The normalized spacial score (nSPS) is 17.2. The molecule has 2 rings (SSSR count). The van der Waals surface area contributed by atoms with E-state index in [2.05, 4.69) is 59.4 Å². The topological polar surface area (TPSA) is 12.0 Å². The van der Waals surface area contributed by atoms with Crippen molar-refractivity contribution >= 4 is 15.9 Å². The van der Waals surface area contributed by atoms with Crippen LogP contribution in [0.15, 0.2) is 28.7 Å². The summed E-state index contributed by atoms with van der Waals surface area (Å²) >= 11 is 3.64. The summed E-state index contributed by atoms with van der Waals surface area (Å²) in [6.07, 6.45) is 4.10. The minimum atomic E-state index is 0.190. The monoisotopic (exact) mass is 281 g/mol. The van der Waals surface area contributed by atoms with Gasteiger partial charge in [0.25, 0.3) is 0 Å². The van der Waals surface area contributed by atoms with Crippen molar-refractivity contribution in [3.63, 3.8) is 0 Å². The van der Waals surface area contributed by atoms with Gasteiger partial charge in [0.1, 0.15) is 0 Å². The third-order valence-electron chi connectivity index (χ3n) is 3.54. The molecule has 0 heterocycles. The van der Waals surface area contributed by atoms with Gasteiger partial charge >= 0.3 is 0 Å². The van der Waals surface area contributed by atoms with E-state index in [1.807, 2.05) is 0 Å². The van der Waals surface area contributed by atoms with E-state index in [0.29, 0.717) is 0 Å². The van der Waals surface area contributed by atoms with Crippen LogP contribution in [-0.4, -0.2) is 12.6 Å². The van der Waals surface area contributed by atoms with E-state index in [4.69, 9.17) is 0 Å². The van der Waals surface area contributed by atoms with Crippen molar-refractivity contribution in [1.29, 1.82) is 0 Å². The lowest BCUT2D eigenvalue weighted by atomic mass is 9.83. The average molecular weight is 282 g/mol. The summed E-state index contributed by atoms with van der Waals surface area (Å²) in [6, 6.07) is 9.29. The second-order valence-corrected chi connectivity index (χ2v) is 6.23. The van der Waals surface area contributed by atoms with E-state index in [9.17, 15) is 0 Å². The predicted octanol–water partition coefficient (Wildman–Crippen LogP) is 3.87. The van der Waals surface area contributed by atoms with Crippen LogP contribution >= 0.6 is 15.9 Å². The van der Waals surface area contributed by atoms with Crippen molar-refractivity contribution in [2.45, 2.75) is 44.6 Å².